The average molecular weight is 199 g/mol. The lowest BCUT2D eigenvalue weighted by molar-refractivity contribution is 0.563. The van der Waals surface area contributed by atoms with Crippen molar-refractivity contribution >= 4 is 5.69 Å². The van der Waals surface area contributed by atoms with E-state index in [9.17, 15) is 0 Å². The molecule has 1 rings (SSSR count). The summed E-state index contributed by atoms with van der Waals surface area (Å²) in [7, 11) is 0. The summed E-state index contributed by atoms with van der Waals surface area (Å²) in [4.78, 5) is 0. The molecule has 2 N–H and O–H groups in total. The second-order valence-electron chi connectivity index (χ2n) is 3.72. The largest absolute Gasteiger partial charge is 0.399 e. The Hall–Kier alpha value is -2.00. The minimum Gasteiger partial charge on any atom is -0.399 e. The van der Waals surface area contributed by atoms with E-state index in [1.54, 1.807) is 12.1 Å². The van der Waals surface area contributed by atoms with Crippen molar-refractivity contribution in [2.75, 3.05) is 5.73 Å². The van der Waals surface area contributed by atoms with Crippen molar-refractivity contribution in [3.05, 3.63) is 29.8 Å². The van der Waals surface area contributed by atoms with Gasteiger partial charge in [-0.25, -0.2) is 0 Å². The van der Waals surface area contributed by atoms with E-state index in [1.165, 1.54) is 0 Å². The van der Waals surface area contributed by atoms with Crippen molar-refractivity contribution < 1.29 is 0 Å². The van der Waals surface area contributed by atoms with E-state index in [0.717, 1.165) is 5.56 Å². The van der Waals surface area contributed by atoms with Gasteiger partial charge in [0.1, 0.15) is 0 Å². The third-order valence-electron chi connectivity index (χ3n) is 2.53. The second-order valence-corrected chi connectivity index (χ2v) is 3.72. The number of nitrogen functional groups attached to an aromatic ring is 1. The van der Waals surface area contributed by atoms with Gasteiger partial charge in [-0.1, -0.05) is 12.1 Å². The maximum absolute atomic E-state index is 9.14. The van der Waals surface area contributed by atoms with Crippen molar-refractivity contribution in [3.8, 4) is 12.1 Å². The standard InChI is InChI=1S/C12H13N3/c1-12(9-14,7-2-8-13)10-3-5-11(15)6-4-10/h3-6H,2,7,15H2,1H3. The highest BCUT2D eigenvalue weighted by Crippen LogP contribution is 2.28. The van der Waals surface area contributed by atoms with Gasteiger partial charge < -0.3 is 5.73 Å². The number of hydrogen-bond acceptors (Lipinski definition) is 3. The number of hydrogen-bond donors (Lipinski definition) is 1. The molecule has 0 aliphatic rings. The van der Waals surface area contributed by atoms with Crippen LogP contribution in [0.15, 0.2) is 24.3 Å². The van der Waals surface area contributed by atoms with Crippen LogP contribution in [0.5, 0.6) is 0 Å². The molecule has 0 heterocycles. The Balaban J connectivity index is 2.97. The first kappa shape index (κ1) is 11.1. The summed E-state index contributed by atoms with van der Waals surface area (Å²) in [6, 6.07) is 11.6. The molecule has 0 radical (unpaired) electrons. The van der Waals surface area contributed by atoms with E-state index in [4.69, 9.17) is 16.3 Å². The van der Waals surface area contributed by atoms with Crippen LogP contribution in [-0.2, 0) is 5.41 Å². The van der Waals surface area contributed by atoms with Crippen molar-refractivity contribution in [2.45, 2.75) is 25.2 Å². The fourth-order valence-corrected chi connectivity index (χ4v) is 1.42. The van der Waals surface area contributed by atoms with Crippen LogP contribution < -0.4 is 5.73 Å². The van der Waals surface area contributed by atoms with Crippen molar-refractivity contribution in [3.63, 3.8) is 0 Å². The molecule has 1 atom stereocenters. The number of rotatable bonds is 3. The van der Waals surface area contributed by atoms with Gasteiger partial charge in [0, 0.05) is 12.1 Å². The van der Waals surface area contributed by atoms with Gasteiger partial charge in [-0.2, -0.15) is 10.5 Å². The molecule has 0 saturated carbocycles. The highest BCUT2D eigenvalue weighted by Gasteiger charge is 2.25. The Morgan fingerprint density at radius 1 is 1.27 bits per heavy atom. The molecule has 3 nitrogen and oxygen atoms in total. The SMILES string of the molecule is CC(C#N)(CCC#N)c1ccc(N)cc1. The molecule has 1 unspecified atom stereocenters. The van der Waals surface area contributed by atoms with Crippen LogP contribution in [0.1, 0.15) is 25.3 Å². The molecule has 0 amide bonds. The highest BCUT2D eigenvalue weighted by molar-refractivity contribution is 5.43. The average Bonchev–Trinajstić information content (AvgIpc) is 2.27. The van der Waals surface area contributed by atoms with Gasteiger partial charge in [0.15, 0.2) is 0 Å². The Labute approximate surface area is 89.7 Å². The van der Waals surface area contributed by atoms with Crippen LogP contribution in [-0.4, -0.2) is 0 Å². The molecule has 0 spiro atoms. The molecule has 1 aromatic rings. The summed E-state index contributed by atoms with van der Waals surface area (Å²) in [6.45, 7) is 1.84. The van der Waals surface area contributed by atoms with E-state index < -0.39 is 5.41 Å². The van der Waals surface area contributed by atoms with E-state index in [-0.39, 0.29) is 0 Å². The van der Waals surface area contributed by atoms with Crippen LogP contribution in [0.4, 0.5) is 5.69 Å². The summed E-state index contributed by atoms with van der Waals surface area (Å²) in [5, 5.41) is 17.7. The summed E-state index contributed by atoms with van der Waals surface area (Å²) < 4.78 is 0. The van der Waals surface area contributed by atoms with Gasteiger partial charge in [-0.05, 0) is 31.0 Å². The zero-order chi connectivity index (χ0) is 11.3. The third-order valence-corrected chi connectivity index (χ3v) is 2.53. The third kappa shape index (κ3) is 2.48. The fraction of sp³-hybridized carbons (Fsp3) is 0.333. The van der Waals surface area contributed by atoms with Crippen LogP contribution in [0, 0.1) is 22.7 Å². The highest BCUT2D eigenvalue weighted by atomic mass is 14.5. The lowest BCUT2D eigenvalue weighted by Gasteiger charge is -2.20. The zero-order valence-electron chi connectivity index (χ0n) is 8.70. The van der Waals surface area contributed by atoms with Crippen LogP contribution in [0.3, 0.4) is 0 Å². The summed E-state index contributed by atoms with van der Waals surface area (Å²) in [5.41, 5.74) is 6.57. The maximum atomic E-state index is 9.14. The Morgan fingerprint density at radius 3 is 2.33 bits per heavy atom. The lowest BCUT2D eigenvalue weighted by atomic mass is 9.80. The molecule has 0 aliphatic heterocycles. The zero-order valence-corrected chi connectivity index (χ0v) is 8.70. The topological polar surface area (TPSA) is 73.6 Å². The molecule has 0 fully saturated rings. The summed E-state index contributed by atoms with van der Waals surface area (Å²) in [6.07, 6.45) is 0.929. The molecule has 76 valence electrons. The first-order chi connectivity index (χ1) is 7.12. The molecule has 0 saturated heterocycles. The van der Waals surface area contributed by atoms with Gasteiger partial charge in [0.2, 0.25) is 0 Å². The molecular formula is C12H13N3. The van der Waals surface area contributed by atoms with Gasteiger partial charge in [0.25, 0.3) is 0 Å². The van der Waals surface area contributed by atoms with E-state index in [1.807, 2.05) is 19.1 Å². The monoisotopic (exact) mass is 199 g/mol. The van der Waals surface area contributed by atoms with Gasteiger partial charge >= 0.3 is 0 Å². The number of nitriles is 2. The number of anilines is 1. The summed E-state index contributed by atoms with van der Waals surface area (Å²) in [5.74, 6) is 0. The molecule has 3 heteroatoms. The van der Waals surface area contributed by atoms with Crippen LogP contribution in [0.2, 0.25) is 0 Å². The summed E-state index contributed by atoms with van der Waals surface area (Å²) >= 11 is 0. The van der Waals surface area contributed by atoms with Crippen LogP contribution >= 0.6 is 0 Å². The number of nitrogens with zero attached hydrogens (tertiary/aromatic N) is 2. The minimum atomic E-state index is -0.594. The number of benzene rings is 1. The predicted molar refractivity (Wildman–Crippen MR) is 58.7 cm³/mol. The van der Waals surface area contributed by atoms with E-state index in [2.05, 4.69) is 12.1 Å². The van der Waals surface area contributed by atoms with Crippen molar-refractivity contribution in [2.24, 2.45) is 0 Å². The Bertz CT molecular complexity index is 408. The van der Waals surface area contributed by atoms with Gasteiger partial charge in [-0.15, -0.1) is 0 Å². The first-order valence-electron chi connectivity index (χ1n) is 4.76. The van der Waals surface area contributed by atoms with Gasteiger partial charge in [0.05, 0.1) is 17.6 Å². The van der Waals surface area contributed by atoms with E-state index >= 15 is 0 Å². The second kappa shape index (κ2) is 4.48. The van der Waals surface area contributed by atoms with Crippen molar-refractivity contribution in [1.82, 2.24) is 0 Å². The Morgan fingerprint density at radius 2 is 1.87 bits per heavy atom. The molecule has 15 heavy (non-hydrogen) atoms. The molecule has 1 aromatic carbocycles. The molecule has 0 aromatic heterocycles. The minimum absolute atomic E-state index is 0.383. The fourth-order valence-electron chi connectivity index (χ4n) is 1.42. The Kier molecular flexibility index (Phi) is 3.31. The van der Waals surface area contributed by atoms with E-state index in [0.29, 0.717) is 18.5 Å². The first-order valence-corrected chi connectivity index (χ1v) is 4.76. The normalized spacial score (nSPS) is 13.5. The molecule has 0 aliphatic carbocycles. The van der Waals surface area contributed by atoms with Crippen LogP contribution in [0.25, 0.3) is 0 Å². The van der Waals surface area contributed by atoms with Crippen molar-refractivity contribution in [1.29, 1.82) is 10.5 Å². The molecule has 0 bridgehead atoms. The smallest absolute Gasteiger partial charge is 0.0804 e. The molecular weight excluding hydrogens is 186 g/mol. The maximum Gasteiger partial charge on any atom is 0.0804 e. The van der Waals surface area contributed by atoms with Gasteiger partial charge in [-0.3, -0.25) is 0 Å². The number of nitrogens with two attached hydrogens (primary N) is 1. The lowest BCUT2D eigenvalue weighted by Crippen LogP contribution is -2.19. The quantitative estimate of drug-likeness (QED) is 0.759. The predicted octanol–water partition coefficient (Wildman–Crippen LogP) is 2.35.